The van der Waals surface area contributed by atoms with Crippen LogP contribution in [0.25, 0.3) is 0 Å². The number of carbonyl (C=O) groups excluding carboxylic acids is 5. The van der Waals surface area contributed by atoms with Crippen LogP contribution in [0.15, 0.2) is 0 Å². The fraction of sp³-hybridized carbons (Fsp3) is 0.591. The molecule has 0 aromatic carbocycles. The van der Waals surface area contributed by atoms with Crippen LogP contribution in [-0.2, 0) is 89.8 Å². The summed E-state index contributed by atoms with van der Waals surface area (Å²) in [5.41, 5.74) is 0. The van der Waals surface area contributed by atoms with Crippen LogP contribution >= 0.6 is 0 Å². The minimum Gasteiger partial charge on any atom is -0.499 e. The SMILES string of the molecule is CCC(=O)OC1[CH-]C(C(=O)OC)C2[CH-]C1OC2=O.COC(=O)C1[CH-][C@@H](C)C2[CH-]C1C(=O)O2.[W+2].[W+2]. The maximum Gasteiger partial charge on any atom is 2.00 e. The molecule has 4 bridgehead atoms. The van der Waals surface area contributed by atoms with Gasteiger partial charge < -0.3 is 30.1 Å². The molecular weight excluding hydrogens is 792 g/mol. The van der Waals surface area contributed by atoms with Gasteiger partial charge in [-0.2, -0.15) is 5.92 Å². The monoisotopic (exact) mass is 818 g/mol. The van der Waals surface area contributed by atoms with Gasteiger partial charge in [0.1, 0.15) is 0 Å². The molecule has 8 atom stereocenters. The number of methoxy groups -OCH3 is 2. The molecule has 2 heterocycles. The maximum atomic E-state index is 11.6. The topological polar surface area (TPSA) is 132 Å². The van der Waals surface area contributed by atoms with E-state index in [-0.39, 0.29) is 72.5 Å². The zero-order chi connectivity index (χ0) is 23.6. The zero-order valence-corrected chi connectivity index (χ0v) is 24.9. The smallest absolute Gasteiger partial charge is 0.499 e. The van der Waals surface area contributed by atoms with Crippen molar-refractivity contribution >= 4 is 29.8 Å². The second kappa shape index (κ2) is 13.2. The molecule has 0 N–H and O–H groups in total. The molecule has 12 heteroatoms. The van der Waals surface area contributed by atoms with Crippen LogP contribution in [0, 0.1) is 55.3 Å². The molecule has 34 heavy (non-hydrogen) atoms. The summed E-state index contributed by atoms with van der Waals surface area (Å²) in [5, 5.41) is 0. The average Bonchev–Trinajstić information content (AvgIpc) is 3.30. The second-order valence-corrected chi connectivity index (χ2v) is 7.89. The first-order chi connectivity index (χ1) is 15.2. The Kier molecular flexibility index (Phi) is 11.9. The van der Waals surface area contributed by atoms with Gasteiger partial charge in [-0.25, -0.2) is 0 Å². The van der Waals surface area contributed by atoms with E-state index in [1.807, 2.05) is 13.3 Å². The Morgan fingerprint density at radius 2 is 1.29 bits per heavy atom. The molecule has 2 aliphatic carbocycles. The van der Waals surface area contributed by atoms with Crippen molar-refractivity contribution in [2.45, 2.75) is 38.6 Å². The zero-order valence-electron chi connectivity index (χ0n) is 19.0. The van der Waals surface area contributed by atoms with Crippen molar-refractivity contribution in [2.24, 2.45) is 29.6 Å². The second-order valence-electron chi connectivity index (χ2n) is 7.89. The van der Waals surface area contributed by atoms with Gasteiger partial charge in [0.2, 0.25) is 0 Å². The minimum atomic E-state index is -0.754. The summed E-state index contributed by atoms with van der Waals surface area (Å²) < 4.78 is 24.5. The van der Waals surface area contributed by atoms with Gasteiger partial charge >= 0.3 is 48.1 Å². The molecule has 10 nitrogen and oxygen atoms in total. The summed E-state index contributed by atoms with van der Waals surface area (Å²) in [7, 11) is 2.57. The summed E-state index contributed by atoms with van der Waals surface area (Å²) >= 11 is 0. The number of hydrogen-bond acceptors (Lipinski definition) is 10. The summed E-state index contributed by atoms with van der Waals surface area (Å²) in [6.07, 6.45) is 5.49. The van der Waals surface area contributed by atoms with Crippen LogP contribution < -0.4 is 0 Å². The van der Waals surface area contributed by atoms with Crippen LogP contribution in [0.1, 0.15) is 20.3 Å². The third kappa shape index (κ3) is 6.48. The Morgan fingerprint density at radius 3 is 1.79 bits per heavy atom. The maximum absolute atomic E-state index is 11.6. The standard InChI is InChI=1S/C12H14O6.C10H12O4.2W/c1-3-10(13)17-8-4-6(11(14)16-2)7-5-9(8)18-12(7)15;1-5-3-6(9(11)13-2)7-4-8(5)14-10(7)12;;/h4-9H,3H2,1-2H3;3-8H,1-2H3;;/q2*-2;2*+2/t;5-,6?,7?,8?;;/m.1../s1. The van der Waals surface area contributed by atoms with Crippen molar-refractivity contribution in [1.29, 1.82) is 0 Å². The van der Waals surface area contributed by atoms with Crippen molar-refractivity contribution < 1.29 is 89.8 Å². The molecule has 2 saturated heterocycles. The normalized spacial score (nSPS) is 34.6. The Hall–Kier alpha value is -1.27. The van der Waals surface area contributed by atoms with E-state index >= 15 is 0 Å². The molecule has 0 amide bonds. The first-order valence-corrected chi connectivity index (χ1v) is 10.4. The van der Waals surface area contributed by atoms with Crippen LogP contribution in [0.3, 0.4) is 0 Å². The fourth-order valence-electron chi connectivity index (χ4n) is 4.12. The van der Waals surface area contributed by atoms with Gasteiger partial charge in [0, 0.05) is 6.42 Å². The van der Waals surface area contributed by atoms with E-state index in [2.05, 4.69) is 9.47 Å². The molecular formula is C22H26O10W2. The van der Waals surface area contributed by atoms with E-state index in [4.69, 9.17) is 14.2 Å². The number of carbonyl (C=O) groups is 5. The van der Waals surface area contributed by atoms with Crippen molar-refractivity contribution in [1.82, 2.24) is 0 Å². The van der Waals surface area contributed by atoms with Crippen LogP contribution in [-0.4, -0.2) is 62.4 Å². The average molecular weight is 818 g/mol. The summed E-state index contributed by atoms with van der Waals surface area (Å²) in [4.78, 5) is 57.1. The third-order valence-corrected chi connectivity index (χ3v) is 5.87. The Morgan fingerprint density at radius 1 is 0.824 bits per heavy atom. The predicted octanol–water partition coefficient (Wildman–Crippen LogP) is 0.432. The first-order valence-electron chi connectivity index (χ1n) is 10.4. The van der Waals surface area contributed by atoms with Gasteiger partial charge in [0.15, 0.2) is 0 Å². The Labute approximate surface area is 227 Å². The molecule has 0 aromatic rings. The van der Waals surface area contributed by atoms with Crippen LogP contribution in [0.2, 0.25) is 0 Å². The summed E-state index contributed by atoms with van der Waals surface area (Å²) in [5.74, 6) is -4.33. The summed E-state index contributed by atoms with van der Waals surface area (Å²) in [6.45, 7) is 3.59. The number of ether oxygens (including phenoxy) is 5. The van der Waals surface area contributed by atoms with E-state index in [0.717, 1.165) is 0 Å². The van der Waals surface area contributed by atoms with E-state index in [1.54, 1.807) is 19.8 Å². The van der Waals surface area contributed by atoms with Gasteiger partial charge in [-0.15, -0.1) is 0 Å². The van der Waals surface area contributed by atoms with Gasteiger partial charge in [0.25, 0.3) is 23.9 Å². The minimum absolute atomic E-state index is 0. The molecule has 0 spiro atoms. The van der Waals surface area contributed by atoms with Crippen molar-refractivity contribution in [3.63, 3.8) is 0 Å². The number of hydrogen-bond donors (Lipinski definition) is 0. The first kappa shape index (κ1) is 30.8. The van der Waals surface area contributed by atoms with Gasteiger partial charge in [-0.1, -0.05) is 37.5 Å². The molecule has 4 aliphatic rings. The van der Waals surface area contributed by atoms with E-state index in [9.17, 15) is 24.0 Å². The Balaban J connectivity index is 0.000000329. The predicted molar refractivity (Wildman–Crippen MR) is 104 cm³/mol. The molecule has 0 aromatic heterocycles. The van der Waals surface area contributed by atoms with Crippen molar-refractivity contribution in [2.75, 3.05) is 14.2 Å². The molecule has 186 valence electrons. The Bertz CT molecular complexity index is 788. The van der Waals surface area contributed by atoms with Crippen molar-refractivity contribution in [3.8, 4) is 0 Å². The van der Waals surface area contributed by atoms with E-state index in [0.29, 0.717) is 0 Å². The summed E-state index contributed by atoms with van der Waals surface area (Å²) in [6, 6.07) is 0. The van der Waals surface area contributed by atoms with E-state index < -0.39 is 53.8 Å². The number of esters is 5. The molecule has 4 fully saturated rings. The van der Waals surface area contributed by atoms with Gasteiger partial charge in [0.05, 0.1) is 14.2 Å². The molecule has 7 unspecified atom stereocenters. The van der Waals surface area contributed by atoms with Crippen molar-refractivity contribution in [3.05, 3.63) is 25.7 Å². The molecule has 4 rings (SSSR count). The molecule has 2 aliphatic heterocycles. The third-order valence-electron chi connectivity index (χ3n) is 5.87. The quantitative estimate of drug-likeness (QED) is 0.224. The van der Waals surface area contributed by atoms with Gasteiger partial charge in [-0.3, -0.25) is 43.2 Å². The number of fused-ring (bicyclic) bond motifs is 4. The van der Waals surface area contributed by atoms with E-state index in [1.165, 1.54) is 20.6 Å². The largest absolute Gasteiger partial charge is 2.00 e. The molecule has 0 radical (unpaired) electrons. The molecule has 2 saturated carbocycles. The van der Waals surface area contributed by atoms with Gasteiger partial charge in [-0.05, 0) is 18.3 Å². The fourth-order valence-corrected chi connectivity index (χ4v) is 4.12. The van der Waals surface area contributed by atoms with Crippen LogP contribution in [0.5, 0.6) is 0 Å². The van der Waals surface area contributed by atoms with Crippen LogP contribution in [0.4, 0.5) is 0 Å². The number of rotatable bonds is 4.